The zero-order valence-electron chi connectivity index (χ0n) is 20.8. The van der Waals surface area contributed by atoms with Crippen molar-refractivity contribution < 1.29 is 9.31 Å². The largest absolute Gasteiger partial charge is 0.494 e. The van der Waals surface area contributed by atoms with E-state index in [2.05, 4.69) is 83.1 Å². The van der Waals surface area contributed by atoms with Crippen LogP contribution < -0.4 is 5.46 Å². The summed E-state index contributed by atoms with van der Waals surface area (Å²) in [4.78, 5) is 0. The van der Waals surface area contributed by atoms with Gasteiger partial charge in [0, 0.05) is 0 Å². The first-order chi connectivity index (χ1) is 15.3. The van der Waals surface area contributed by atoms with Crippen molar-refractivity contribution in [1.82, 2.24) is 0 Å². The summed E-state index contributed by atoms with van der Waals surface area (Å²) in [6.45, 7) is 10.7. The molecule has 2 aliphatic rings. The van der Waals surface area contributed by atoms with Gasteiger partial charge in [0.25, 0.3) is 0 Å². The van der Waals surface area contributed by atoms with Crippen molar-refractivity contribution in [3.8, 4) is 11.1 Å². The second-order valence-corrected chi connectivity index (χ2v) is 11.0. The summed E-state index contributed by atoms with van der Waals surface area (Å²) in [5.74, 6) is 1.72. The van der Waals surface area contributed by atoms with Crippen molar-refractivity contribution in [3.63, 3.8) is 0 Å². The summed E-state index contributed by atoms with van der Waals surface area (Å²) in [6.07, 6.45) is 11.2. The van der Waals surface area contributed by atoms with Gasteiger partial charge in [0.05, 0.1) is 11.2 Å². The van der Waals surface area contributed by atoms with Crippen LogP contribution in [0, 0.1) is 5.92 Å². The van der Waals surface area contributed by atoms with Crippen LogP contribution in [0.5, 0.6) is 0 Å². The van der Waals surface area contributed by atoms with Crippen molar-refractivity contribution in [3.05, 3.63) is 54.1 Å². The Hall–Kier alpha value is -1.58. The monoisotopic (exact) mass is 432 g/mol. The molecule has 0 bridgehead atoms. The molecule has 172 valence electrons. The van der Waals surface area contributed by atoms with Crippen LogP contribution in [0.2, 0.25) is 0 Å². The van der Waals surface area contributed by atoms with Gasteiger partial charge < -0.3 is 9.31 Å². The summed E-state index contributed by atoms with van der Waals surface area (Å²) >= 11 is 0. The molecule has 0 unspecified atom stereocenters. The lowest BCUT2D eigenvalue weighted by atomic mass is 9.76. The van der Waals surface area contributed by atoms with Crippen LogP contribution >= 0.6 is 0 Å². The molecule has 2 aromatic rings. The van der Waals surface area contributed by atoms with Gasteiger partial charge in [-0.05, 0) is 87.4 Å². The summed E-state index contributed by atoms with van der Waals surface area (Å²) in [7, 11) is -0.298. The predicted molar refractivity (Wildman–Crippen MR) is 136 cm³/mol. The highest BCUT2D eigenvalue weighted by atomic mass is 16.7. The fraction of sp³-hybridized carbons (Fsp3) is 0.586. The summed E-state index contributed by atoms with van der Waals surface area (Å²) in [6, 6.07) is 18.0. The molecule has 1 aliphatic carbocycles. The lowest BCUT2D eigenvalue weighted by Gasteiger charge is -2.32. The van der Waals surface area contributed by atoms with Crippen molar-refractivity contribution in [2.75, 3.05) is 0 Å². The second-order valence-electron chi connectivity index (χ2n) is 11.0. The molecule has 0 atom stereocenters. The molecule has 0 N–H and O–H groups in total. The first kappa shape index (κ1) is 23.6. The molecule has 2 fully saturated rings. The van der Waals surface area contributed by atoms with E-state index < -0.39 is 0 Å². The van der Waals surface area contributed by atoms with E-state index in [1.54, 1.807) is 0 Å². The van der Waals surface area contributed by atoms with Gasteiger partial charge in [-0.1, -0.05) is 81.1 Å². The normalized spacial score (nSPS) is 24.6. The first-order valence-electron chi connectivity index (χ1n) is 12.8. The molecule has 0 aromatic heterocycles. The summed E-state index contributed by atoms with van der Waals surface area (Å²) in [5, 5.41) is 0. The van der Waals surface area contributed by atoms with Gasteiger partial charge in [0.2, 0.25) is 0 Å². The maximum Gasteiger partial charge on any atom is 0.494 e. The molecule has 1 saturated heterocycles. The standard InChI is InChI=1S/C29H41BO2/c1-6-7-8-9-22-10-12-23(13-11-22)24-14-16-25(17-15-24)26-18-20-27(21-19-26)30-31-28(2,3)29(4,5)32-30/h14-23H,6-13H2,1-5H3. The minimum Gasteiger partial charge on any atom is -0.399 e. The van der Waals surface area contributed by atoms with Gasteiger partial charge in [-0.15, -0.1) is 0 Å². The Kier molecular flexibility index (Phi) is 7.17. The molecule has 32 heavy (non-hydrogen) atoms. The second kappa shape index (κ2) is 9.73. The highest BCUT2D eigenvalue weighted by Gasteiger charge is 2.51. The summed E-state index contributed by atoms with van der Waals surface area (Å²) in [5.41, 5.74) is 4.52. The van der Waals surface area contributed by atoms with E-state index in [9.17, 15) is 0 Å². The van der Waals surface area contributed by atoms with Crippen LogP contribution in [0.3, 0.4) is 0 Å². The molecule has 0 spiro atoms. The molecular weight excluding hydrogens is 391 g/mol. The third kappa shape index (κ3) is 5.15. The molecule has 4 rings (SSSR count). The van der Waals surface area contributed by atoms with Gasteiger partial charge in [0.1, 0.15) is 0 Å². The van der Waals surface area contributed by atoms with Crippen LogP contribution in [-0.2, 0) is 9.31 Å². The van der Waals surface area contributed by atoms with Gasteiger partial charge in [-0.3, -0.25) is 0 Å². The topological polar surface area (TPSA) is 18.5 Å². The van der Waals surface area contributed by atoms with Crippen LogP contribution in [0.4, 0.5) is 0 Å². The van der Waals surface area contributed by atoms with Crippen LogP contribution in [0.15, 0.2) is 48.5 Å². The van der Waals surface area contributed by atoms with E-state index in [1.165, 1.54) is 68.1 Å². The highest BCUT2D eigenvalue weighted by Crippen LogP contribution is 2.39. The SMILES string of the molecule is CCCCCC1CCC(c2ccc(-c3ccc(B4OC(C)(C)C(C)(C)O4)cc3)cc2)CC1. The molecular formula is C29H41BO2. The molecule has 2 aromatic carbocycles. The Balaban J connectivity index is 1.35. The lowest BCUT2D eigenvalue weighted by Crippen LogP contribution is -2.41. The summed E-state index contributed by atoms with van der Waals surface area (Å²) < 4.78 is 12.4. The fourth-order valence-corrected chi connectivity index (χ4v) is 5.23. The number of rotatable bonds is 7. The molecule has 0 radical (unpaired) electrons. The van der Waals surface area contributed by atoms with Gasteiger partial charge in [-0.2, -0.15) is 0 Å². The van der Waals surface area contributed by atoms with E-state index in [4.69, 9.17) is 9.31 Å². The van der Waals surface area contributed by atoms with Crippen molar-refractivity contribution in [1.29, 1.82) is 0 Å². The molecule has 1 aliphatic heterocycles. The number of hydrogen-bond acceptors (Lipinski definition) is 2. The molecule has 1 saturated carbocycles. The van der Waals surface area contributed by atoms with Crippen LogP contribution in [0.25, 0.3) is 11.1 Å². The Morgan fingerprint density at radius 1 is 0.750 bits per heavy atom. The van der Waals surface area contributed by atoms with Gasteiger partial charge in [0.15, 0.2) is 0 Å². The highest BCUT2D eigenvalue weighted by molar-refractivity contribution is 6.62. The molecule has 1 heterocycles. The van der Waals surface area contributed by atoms with Crippen molar-refractivity contribution in [2.24, 2.45) is 5.92 Å². The Morgan fingerprint density at radius 2 is 1.28 bits per heavy atom. The maximum absolute atomic E-state index is 6.19. The molecule has 0 amide bonds. The Morgan fingerprint density at radius 3 is 1.81 bits per heavy atom. The minimum absolute atomic E-state index is 0.298. The number of unbranched alkanes of at least 4 members (excludes halogenated alkanes) is 2. The van der Waals surface area contributed by atoms with E-state index in [0.29, 0.717) is 0 Å². The van der Waals surface area contributed by atoms with Crippen LogP contribution in [0.1, 0.15) is 97.5 Å². The van der Waals surface area contributed by atoms with E-state index in [0.717, 1.165) is 17.3 Å². The van der Waals surface area contributed by atoms with Gasteiger partial charge >= 0.3 is 7.12 Å². The Bertz CT molecular complexity index is 845. The first-order valence-corrected chi connectivity index (χ1v) is 12.8. The van der Waals surface area contributed by atoms with Crippen LogP contribution in [-0.4, -0.2) is 18.3 Å². The number of hydrogen-bond donors (Lipinski definition) is 0. The molecule has 3 heteroatoms. The fourth-order valence-electron chi connectivity index (χ4n) is 5.23. The van der Waals surface area contributed by atoms with Crippen molar-refractivity contribution >= 4 is 12.6 Å². The number of benzene rings is 2. The lowest BCUT2D eigenvalue weighted by molar-refractivity contribution is 0.00578. The smallest absolute Gasteiger partial charge is 0.399 e. The van der Waals surface area contributed by atoms with Gasteiger partial charge in [-0.25, -0.2) is 0 Å². The van der Waals surface area contributed by atoms with Crippen molar-refractivity contribution in [2.45, 2.75) is 103 Å². The Labute approximate surface area is 196 Å². The third-order valence-corrected chi connectivity index (χ3v) is 8.21. The average Bonchev–Trinajstić information content (AvgIpc) is 3.01. The molecule has 2 nitrogen and oxygen atoms in total. The predicted octanol–water partition coefficient (Wildman–Crippen LogP) is 7.51. The third-order valence-electron chi connectivity index (χ3n) is 8.21. The maximum atomic E-state index is 6.19. The van der Waals surface area contributed by atoms with E-state index in [-0.39, 0.29) is 18.3 Å². The average molecular weight is 432 g/mol. The zero-order valence-corrected chi connectivity index (χ0v) is 20.8. The van der Waals surface area contributed by atoms with E-state index in [1.807, 2.05) is 0 Å². The van der Waals surface area contributed by atoms with E-state index >= 15 is 0 Å². The minimum atomic E-state index is -0.305. The zero-order chi connectivity index (χ0) is 22.8. The quantitative estimate of drug-likeness (QED) is 0.333.